The van der Waals surface area contributed by atoms with Crippen LogP contribution in [-0.2, 0) is 29.0 Å². The van der Waals surface area contributed by atoms with Gasteiger partial charge in [-0.05, 0) is 31.0 Å². The van der Waals surface area contributed by atoms with Crippen LogP contribution in [0.4, 0.5) is 0 Å². The van der Waals surface area contributed by atoms with Gasteiger partial charge in [-0.25, -0.2) is 4.98 Å². The zero-order valence-electron chi connectivity index (χ0n) is 11.3. The minimum absolute atomic E-state index is 0.188. The molecule has 2 N–H and O–H groups in total. The number of carbonyl (C=O) groups is 1. The molecule has 0 atom stereocenters. The number of benzene rings is 1. The summed E-state index contributed by atoms with van der Waals surface area (Å²) in [7, 11) is 1.41. The molecule has 1 aromatic carbocycles. The van der Waals surface area contributed by atoms with Crippen LogP contribution in [0.15, 0.2) is 18.2 Å². The lowest BCUT2D eigenvalue weighted by Crippen LogP contribution is -2.07. The summed E-state index contributed by atoms with van der Waals surface area (Å²) >= 11 is 0. The third-order valence-electron chi connectivity index (χ3n) is 3.24. The third kappa shape index (κ3) is 2.76. The number of rotatable bonds is 5. The van der Waals surface area contributed by atoms with Crippen molar-refractivity contribution < 1.29 is 9.53 Å². The van der Waals surface area contributed by atoms with Crippen molar-refractivity contribution >= 4 is 17.0 Å². The Morgan fingerprint density at radius 1 is 1.47 bits per heavy atom. The Morgan fingerprint density at radius 2 is 2.26 bits per heavy atom. The summed E-state index contributed by atoms with van der Waals surface area (Å²) < 4.78 is 6.76. The summed E-state index contributed by atoms with van der Waals surface area (Å²) in [4.78, 5) is 15.7. The van der Waals surface area contributed by atoms with Crippen LogP contribution in [0.5, 0.6) is 0 Å². The average Bonchev–Trinajstić information content (AvgIpc) is 2.81. The molecule has 102 valence electrons. The zero-order valence-corrected chi connectivity index (χ0v) is 11.3. The number of nitrogens with two attached hydrogens (primary N) is 1. The number of ether oxygens (including phenoxy) is 1. The molecular formula is C14H19N3O2. The number of carbonyl (C=O) groups excluding carboxylic acids is 1. The Labute approximate surface area is 112 Å². The summed E-state index contributed by atoms with van der Waals surface area (Å²) in [5.41, 5.74) is 8.83. The second-order valence-electron chi connectivity index (χ2n) is 4.38. The van der Waals surface area contributed by atoms with Gasteiger partial charge < -0.3 is 15.0 Å². The number of esters is 1. The van der Waals surface area contributed by atoms with E-state index in [0.29, 0.717) is 19.4 Å². The first-order chi connectivity index (χ1) is 9.19. The van der Waals surface area contributed by atoms with E-state index in [1.165, 1.54) is 7.11 Å². The second kappa shape index (κ2) is 5.84. The lowest BCUT2D eigenvalue weighted by molar-refractivity contribution is -0.140. The SMILES string of the molecule is CCn1c(CN)nc2ccc(CCC(=O)OC)cc21. The summed E-state index contributed by atoms with van der Waals surface area (Å²) in [6.45, 7) is 3.34. The van der Waals surface area contributed by atoms with Crippen LogP contribution in [0.1, 0.15) is 24.7 Å². The monoisotopic (exact) mass is 261 g/mol. The number of imidazole rings is 1. The highest BCUT2D eigenvalue weighted by Crippen LogP contribution is 2.19. The number of aromatic nitrogens is 2. The van der Waals surface area contributed by atoms with Gasteiger partial charge in [0.15, 0.2) is 0 Å². The van der Waals surface area contributed by atoms with Gasteiger partial charge in [0.2, 0.25) is 0 Å². The Morgan fingerprint density at radius 3 is 2.89 bits per heavy atom. The molecule has 0 aliphatic rings. The highest BCUT2D eigenvalue weighted by atomic mass is 16.5. The van der Waals surface area contributed by atoms with Gasteiger partial charge in [0.1, 0.15) is 5.82 Å². The Hall–Kier alpha value is -1.88. The van der Waals surface area contributed by atoms with Crippen LogP contribution >= 0.6 is 0 Å². The summed E-state index contributed by atoms with van der Waals surface area (Å²) in [6.07, 6.45) is 1.07. The van der Waals surface area contributed by atoms with E-state index in [9.17, 15) is 4.79 Å². The van der Waals surface area contributed by atoms with E-state index in [-0.39, 0.29) is 5.97 Å². The van der Waals surface area contributed by atoms with E-state index in [0.717, 1.165) is 29.0 Å². The van der Waals surface area contributed by atoms with Crippen molar-refractivity contribution in [3.63, 3.8) is 0 Å². The summed E-state index contributed by atoms with van der Waals surface area (Å²) in [5, 5.41) is 0. The first-order valence-corrected chi connectivity index (χ1v) is 6.44. The molecule has 0 aliphatic heterocycles. The zero-order chi connectivity index (χ0) is 13.8. The third-order valence-corrected chi connectivity index (χ3v) is 3.24. The van der Waals surface area contributed by atoms with Gasteiger partial charge in [-0.15, -0.1) is 0 Å². The van der Waals surface area contributed by atoms with Crippen molar-refractivity contribution in [3.8, 4) is 0 Å². The van der Waals surface area contributed by atoms with Crippen molar-refractivity contribution in [1.29, 1.82) is 0 Å². The second-order valence-corrected chi connectivity index (χ2v) is 4.38. The molecule has 2 rings (SSSR count). The molecule has 5 nitrogen and oxygen atoms in total. The van der Waals surface area contributed by atoms with Crippen LogP contribution in [0.3, 0.4) is 0 Å². The molecule has 0 saturated carbocycles. The molecule has 0 radical (unpaired) electrons. The van der Waals surface area contributed by atoms with E-state index < -0.39 is 0 Å². The van der Waals surface area contributed by atoms with E-state index in [4.69, 9.17) is 5.73 Å². The fraction of sp³-hybridized carbons (Fsp3) is 0.429. The van der Waals surface area contributed by atoms with Gasteiger partial charge in [0, 0.05) is 13.0 Å². The standard InChI is InChI=1S/C14H19N3O2/c1-3-17-12-8-10(5-7-14(18)19-2)4-6-11(12)16-13(17)9-15/h4,6,8H,3,5,7,9,15H2,1-2H3. The van der Waals surface area contributed by atoms with Crippen molar-refractivity contribution in [2.24, 2.45) is 5.73 Å². The Bertz CT molecular complexity index is 590. The van der Waals surface area contributed by atoms with Crippen LogP contribution in [0.25, 0.3) is 11.0 Å². The molecule has 0 fully saturated rings. The molecule has 0 bridgehead atoms. The van der Waals surface area contributed by atoms with Gasteiger partial charge in [-0.3, -0.25) is 4.79 Å². The van der Waals surface area contributed by atoms with Gasteiger partial charge in [0.25, 0.3) is 0 Å². The number of fused-ring (bicyclic) bond motifs is 1. The maximum atomic E-state index is 11.2. The van der Waals surface area contributed by atoms with Crippen molar-refractivity contribution in [2.45, 2.75) is 32.9 Å². The van der Waals surface area contributed by atoms with Crippen LogP contribution in [0, 0.1) is 0 Å². The van der Waals surface area contributed by atoms with Gasteiger partial charge in [-0.2, -0.15) is 0 Å². The molecule has 1 heterocycles. The maximum absolute atomic E-state index is 11.2. The number of methoxy groups -OCH3 is 1. The summed E-state index contributed by atoms with van der Waals surface area (Å²) in [5.74, 6) is 0.703. The molecule has 0 aliphatic carbocycles. The van der Waals surface area contributed by atoms with Gasteiger partial charge >= 0.3 is 5.97 Å². The van der Waals surface area contributed by atoms with E-state index in [1.54, 1.807) is 0 Å². The number of hydrogen-bond acceptors (Lipinski definition) is 4. The predicted molar refractivity (Wildman–Crippen MR) is 73.6 cm³/mol. The molecule has 0 saturated heterocycles. The molecule has 0 amide bonds. The van der Waals surface area contributed by atoms with Crippen LogP contribution in [0.2, 0.25) is 0 Å². The number of hydrogen-bond donors (Lipinski definition) is 1. The van der Waals surface area contributed by atoms with Crippen molar-refractivity contribution in [3.05, 3.63) is 29.6 Å². The van der Waals surface area contributed by atoms with Gasteiger partial charge in [0.05, 0.1) is 24.7 Å². The van der Waals surface area contributed by atoms with Crippen LogP contribution < -0.4 is 5.73 Å². The molecular weight excluding hydrogens is 242 g/mol. The largest absolute Gasteiger partial charge is 0.469 e. The van der Waals surface area contributed by atoms with Crippen molar-refractivity contribution in [1.82, 2.24) is 9.55 Å². The number of aryl methyl sites for hydroxylation is 2. The number of nitrogens with zero attached hydrogens (tertiary/aromatic N) is 2. The molecule has 0 spiro atoms. The van der Waals surface area contributed by atoms with E-state index in [1.807, 2.05) is 12.1 Å². The quantitative estimate of drug-likeness (QED) is 0.830. The van der Waals surface area contributed by atoms with E-state index >= 15 is 0 Å². The molecule has 5 heteroatoms. The molecule has 0 unspecified atom stereocenters. The predicted octanol–water partition coefficient (Wildman–Crippen LogP) is 1.62. The highest BCUT2D eigenvalue weighted by molar-refractivity contribution is 5.77. The topological polar surface area (TPSA) is 70.1 Å². The highest BCUT2D eigenvalue weighted by Gasteiger charge is 2.09. The lowest BCUT2D eigenvalue weighted by atomic mass is 10.1. The molecule has 2 aromatic rings. The minimum Gasteiger partial charge on any atom is -0.469 e. The average molecular weight is 261 g/mol. The lowest BCUT2D eigenvalue weighted by Gasteiger charge is -2.05. The van der Waals surface area contributed by atoms with Gasteiger partial charge in [-0.1, -0.05) is 6.07 Å². The Balaban J connectivity index is 2.31. The molecule has 1 aromatic heterocycles. The maximum Gasteiger partial charge on any atom is 0.305 e. The Kier molecular flexibility index (Phi) is 4.16. The first kappa shape index (κ1) is 13.5. The smallest absolute Gasteiger partial charge is 0.305 e. The summed E-state index contributed by atoms with van der Waals surface area (Å²) in [6, 6.07) is 6.06. The van der Waals surface area contributed by atoms with Crippen molar-refractivity contribution in [2.75, 3.05) is 7.11 Å². The first-order valence-electron chi connectivity index (χ1n) is 6.44. The van der Waals surface area contributed by atoms with E-state index in [2.05, 4.69) is 27.3 Å². The van der Waals surface area contributed by atoms with Crippen LogP contribution in [-0.4, -0.2) is 22.6 Å². The molecule has 19 heavy (non-hydrogen) atoms. The fourth-order valence-corrected chi connectivity index (χ4v) is 2.23. The normalized spacial score (nSPS) is 10.9. The minimum atomic E-state index is -0.188. The fourth-order valence-electron chi connectivity index (χ4n) is 2.23.